The molecule has 0 atom stereocenters. The Morgan fingerprint density at radius 2 is 1.91 bits per heavy atom. The number of anilines is 2. The molecule has 1 fully saturated rings. The summed E-state index contributed by atoms with van der Waals surface area (Å²) < 4.78 is 13.2. The first kappa shape index (κ1) is 21.4. The van der Waals surface area contributed by atoms with Gasteiger partial charge in [0.1, 0.15) is 28.3 Å². The van der Waals surface area contributed by atoms with Gasteiger partial charge in [-0.1, -0.05) is 11.3 Å². The average molecular weight is 451 g/mol. The first-order valence-corrected chi connectivity index (χ1v) is 10.7. The van der Waals surface area contributed by atoms with Crippen molar-refractivity contribution in [3.63, 3.8) is 0 Å². The van der Waals surface area contributed by atoms with Gasteiger partial charge >= 0.3 is 5.97 Å². The lowest BCUT2D eigenvalue weighted by molar-refractivity contribution is -0.142. The number of nitriles is 1. The maximum Gasteiger partial charge on any atom is 0.306 e. The normalized spacial score (nSPS) is 14.1. The Labute approximate surface area is 187 Å². The molecule has 1 aromatic carbocycles. The predicted octanol–water partition coefficient (Wildman–Crippen LogP) is 3.77. The summed E-state index contributed by atoms with van der Waals surface area (Å²) in [5.41, 5.74) is 1.29. The van der Waals surface area contributed by atoms with Crippen LogP contribution >= 0.6 is 11.3 Å². The molecular weight excluding hydrogens is 433 g/mol. The molecule has 2 aromatic heterocycles. The van der Waals surface area contributed by atoms with Crippen LogP contribution in [0.3, 0.4) is 0 Å². The van der Waals surface area contributed by atoms with E-state index < -0.39 is 17.7 Å². The van der Waals surface area contributed by atoms with Gasteiger partial charge < -0.3 is 10.0 Å². The fourth-order valence-electron chi connectivity index (χ4n) is 3.49. The van der Waals surface area contributed by atoms with E-state index in [1.54, 1.807) is 12.1 Å². The summed E-state index contributed by atoms with van der Waals surface area (Å²) in [6.07, 6.45) is 2.56. The number of carbonyl (C=O) groups is 2. The van der Waals surface area contributed by atoms with E-state index in [0.29, 0.717) is 53.4 Å². The number of carbonyl (C=O) groups excluding carboxylic acids is 1. The number of aromatic nitrogens is 2. The van der Waals surface area contributed by atoms with E-state index in [0.717, 1.165) is 11.3 Å². The fourth-order valence-corrected chi connectivity index (χ4v) is 4.26. The molecule has 3 heterocycles. The maximum atomic E-state index is 13.2. The second-order valence-electron chi connectivity index (χ2n) is 7.27. The molecule has 0 bridgehead atoms. The summed E-state index contributed by atoms with van der Waals surface area (Å²) >= 11 is 1.04. The van der Waals surface area contributed by atoms with Crippen LogP contribution in [0.15, 0.2) is 42.6 Å². The number of pyridine rings is 1. The molecule has 1 amide bonds. The van der Waals surface area contributed by atoms with Crippen LogP contribution < -0.4 is 10.2 Å². The Bertz CT molecular complexity index is 1180. The minimum absolute atomic E-state index is 0.255. The Morgan fingerprint density at radius 1 is 1.19 bits per heavy atom. The Balaban J connectivity index is 1.44. The smallest absolute Gasteiger partial charge is 0.306 e. The van der Waals surface area contributed by atoms with Gasteiger partial charge in [-0.15, -0.1) is 0 Å². The van der Waals surface area contributed by atoms with E-state index in [1.165, 1.54) is 30.5 Å². The maximum absolute atomic E-state index is 13.2. The van der Waals surface area contributed by atoms with Crippen LogP contribution in [-0.4, -0.2) is 40.0 Å². The summed E-state index contributed by atoms with van der Waals surface area (Å²) in [5.74, 6) is -1.22. The zero-order valence-electron chi connectivity index (χ0n) is 16.8. The van der Waals surface area contributed by atoms with Crippen molar-refractivity contribution in [2.45, 2.75) is 12.8 Å². The van der Waals surface area contributed by atoms with E-state index in [1.807, 2.05) is 4.90 Å². The lowest BCUT2D eigenvalue weighted by atomic mass is 9.97. The molecule has 4 rings (SSSR count). The van der Waals surface area contributed by atoms with E-state index in [4.69, 9.17) is 5.11 Å². The highest BCUT2D eigenvalue weighted by atomic mass is 32.1. The van der Waals surface area contributed by atoms with E-state index >= 15 is 0 Å². The monoisotopic (exact) mass is 451 g/mol. The molecule has 1 aliphatic heterocycles. The fraction of sp³-hybridized carbons (Fsp3) is 0.227. The van der Waals surface area contributed by atoms with Gasteiger partial charge in [-0.3, -0.25) is 14.9 Å². The molecule has 32 heavy (non-hydrogen) atoms. The summed E-state index contributed by atoms with van der Waals surface area (Å²) in [5, 5.41) is 21.4. The standard InChI is InChI=1S/C22H18FN5O3S/c23-16-4-1-13(2-5-16)19-17(11-24)32-22(26-19)27-20(29)15-3-6-18(25-12-15)28-9-7-14(8-10-28)21(30)31/h1-6,12,14H,7-10H2,(H,30,31)(H,26,27,29). The number of thiazole rings is 1. The van der Waals surface area contributed by atoms with Crippen LogP contribution in [0, 0.1) is 23.1 Å². The second-order valence-corrected chi connectivity index (χ2v) is 8.27. The van der Waals surface area contributed by atoms with Crippen molar-refractivity contribution in [3.05, 3.63) is 58.9 Å². The predicted molar refractivity (Wildman–Crippen MR) is 117 cm³/mol. The zero-order chi connectivity index (χ0) is 22.7. The zero-order valence-corrected chi connectivity index (χ0v) is 17.6. The number of aliphatic carboxylic acids is 1. The van der Waals surface area contributed by atoms with Gasteiger partial charge in [-0.05, 0) is 49.2 Å². The Hall–Kier alpha value is -3.84. The average Bonchev–Trinajstić information content (AvgIpc) is 3.22. The lowest BCUT2D eigenvalue weighted by Gasteiger charge is -2.30. The van der Waals surface area contributed by atoms with Crippen LogP contribution in [0.2, 0.25) is 0 Å². The Kier molecular flexibility index (Phi) is 6.09. The number of hydrogen-bond donors (Lipinski definition) is 2. The number of nitrogens with one attached hydrogen (secondary N) is 1. The molecule has 10 heteroatoms. The SMILES string of the molecule is N#Cc1sc(NC(=O)c2ccc(N3CCC(C(=O)O)CC3)nc2)nc1-c1ccc(F)cc1. The number of benzene rings is 1. The Morgan fingerprint density at radius 3 is 2.50 bits per heavy atom. The highest BCUT2D eigenvalue weighted by molar-refractivity contribution is 7.16. The lowest BCUT2D eigenvalue weighted by Crippen LogP contribution is -2.36. The summed E-state index contributed by atoms with van der Waals surface area (Å²) in [4.78, 5) is 34.7. The molecule has 1 saturated heterocycles. The molecule has 0 aliphatic carbocycles. The van der Waals surface area contributed by atoms with Gasteiger partial charge in [0.25, 0.3) is 5.91 Å². The summed E-state index contributed by atoms with van der Waals surface area (Å²) in [6, 6.07) is 11.0. The summed E-state index contributed by atoms with van der Waals surface area (Å²) in [6.45, 7) is 1.19. The van der Waals surface area contributed by atoms with Gasteiger partial charge in [0.2, 0.25) is 0 Å². The third-order valence-corrected chi connectivity index (χ3v) is 6.12. The van der Waals surface area contributed by atoms with Crippen molar-refractivity contribution in [1.82, 2.24) is 9.97 Å². The first-order chi connectivity index (χ1) is 15.4. The van der Waals surface area contributed by atoms with E-state index in [2.05, 4.69) is 21.4 Å². The van der Waals surface area contributed by atoms with Crippen LogP contribution in [0.4, 0.5) is 15.3 Å². The van der Waals surface area contributed by atoms with Crippen molar-refractivity contribution in [1.29, 1.82) is 5.26 Å². The van der Waals surface area contributed by atoms with Gasteiger partial charge in [-0.25, -0.2) is 14.4 Å². The number of piperidine rings is 1. The number of rotatable bonds is 5. The first-order valence-electron chi connectivity index (χ1n) is 9.86. The van der Waals surface area contributed by atoms with E-state index in [-0.39, 0.29) is 11.0 Å². The van der Waals surface area contributed by atoms with Crippen LogP contribution in [-0.2, 0) is 4.79 Å². The van der Waals surface area contributed by atoms with Gasteiger partial charge in [0, 0.05) is 24.8 Å². The second kappa shape index (κ2) is 9.11. The van der Waals surface area contributed by atoms with Crippen molar-refractivity contribution in [2.24, 2.45) is 5.92 Å². The molecule has 0 spiro atoms. The minimum Gasteiger partial charge on any atom is -0.481 e. The van der Waals surface area contributed by atoms with Crippen molar-refractivity contribution in [3.8, 4) is 17.3 Å². The third kappa shape index (κ3) is 4.58. The van der Waals surface area contributed by atoms with Crippen molar-refractivity contribution in [2.75, 3.05) is 23.3 Å². The minimum atomic E-state index is -0.769. The highest BCUT2D eigenvalue weighted by Gasteiger charge is 2.25. The highest BCUT2D eigenvalue weighted by Crippen LogP contribution is 2.31. The van der Waals surface area contributed by atoms with E-state index in [9.17, 15) is 19.2 Å². The molecular formula is C22H18FN5O3S. The van der Waals surface area contributed by atoms with Crippen LogP contribution in [0.1, 0.15) is 28.1 Å². The number of nitrogens with zero attached hydrogens (tertiary/aromatic N) is 4. The third-order valence-electron chi connectivity index (χ3n) is 5.25. The largest absolute Gasteiger partial charge is 0.481 e. The van der Waals surface area contributed by atoms with Gasteiger partial charge in [-0.2, -0.15) is 5.26 Å². The van der Waals surface area contributed by atoms with Gasteiger partial charge in [0.05, 0.1) is 11.5 Å². The number of carboxylic acids is 1. The number of hydrogen-bond acceptors (Lipinski definition) is 7. The molecule has 8 nitrogen and oxygen atoms in total. The number of amides is 1. The molecule has 2 N–H and O–H groups in total. The molecule has 0 radical (unpaired) electrons. The molecule has 3 aromatic rings. The van der Waals surface area contributed by atoms with Crippen molar-refractivity contribution < 1.29 is 19.1 Å². The topological polar surface area (TPSA) is 119 Å². The molecule has 1 aliphatic rings. The van der Waals surface area contributed by atoms with Crippen molar-refractivity contribution >= 4 is 34.2 Å². The number of carboxylic acid groups (broad SMARTS) is 1. The summed E-state index contributed by atoms with van der Waals surface area (Å²) in [7, 11) is 0. The molecule has 162 valence electrons. The van der Waals surface area contributed by atoms with Gasteiger partial charge in [0.15, 0.2) is 5.13 Å². The van der Waals surface area contributed by atoms with Crippen LogP contribution in [0.5, 0.6) is 0 Å². The molecule has 0 unspecified atom stereocenters. The molecule has 0 saturated carbocycles. The quantitative estimate of drug-likeness (QED) is 0.606. The number of halogens is 1. The van der Waals surface area contributed by atoms with Crippen LogP contribution in [0.25, 0.3) is 11.3 Å².